The Kier molecular flexibility index (Phi) is 11.6. The van der Waals surface area contributed by atoms with Gasteiger partial charge in [0.15, 0.2) is 0 Å². The first-order chi connectivity index (χ1) is 17.0. The van der Waals surface area contributed by atoms with Gasteiger partial charge in [-0.3, -0.25) is 9.59 Å². The van der Waals surface area contributed by atoms with E-state index >= 15 is 0 Å². The van der Waals surface area contributed by atoms with E-state index in [1.165, 1.54) is 0 Å². The van der Waals surface area contributed by atoms with E-state index in [4.69, 9.17) is 4.74 Å². The number of ether oxygens (including phenoxy) is 1. The van der Waals surface area contributed by atoms with Crippen LogP contribution in [0.15, 0.2) is 23.8 Å². The predicted octanol–water partition coefficient (Wildman–Crippen LogP) is 3.61. The molecule has 1 aliphatic heterocycles. The molecule has 1 saturated carbocycles. The van der Waals surface area contributed by atoms with Crippen LogP contribution in [0.5, 0.6) is 0 Å². The first-order valence-corrected chi connectivity index (χ1v) is 13.2. The highest BCUT2D eigenvalue weighted by Gasteiger charge is 2.40. The number of carboxylic acid groups (broad SMARTS) is 1. The molecule has 8 heteroatoms. The first-order valence-electron chi connectivity index (χ1n) is 13.2. The fraction of sp³-hybridized carbons (Fsp3) is 0.750. The molecule has 202 valence electrons. The number of aliphatic carboxylic acids is 1. The zero-order chi connectivity index (χ0) is 27.0. The Labute approximate surface area is 214 Å². The topological polar surface area (TPSA) is 148 Å². The van der Waals surface area contributed by atoms with E-state index < -0.39 is 48.2 Å². The molecule has 4 N–H and O–H groups in total. The number of carbonyl (C=O) groups is 2. The highest BCUT2D eigenvalue weighted by Crippen LogP contribution is 2.37. The molecule has 0 radical (unpaired) electrons. The van der Waals surface area contributed by atoms with Gasteiger partial charge in [-0.1, -0.05) is 46.3 Å². The van der Waals surface area contributed by atoms with Gasteiger partial charge < -0.3 is 25.2 Å². The molecule has 0 spiro atoms. The Morgan fingerprint density at radius 1 is 1.08 bits per heavy atom. The number of hydrogen-bond acceptors (Lipinski definition) is 7. The van der Waals surface area contributed by atoms with Gasteiger partial charge in [0.05, 0.1) is 42.3 Å². The number of aliphatic hydroxyl groups excluding tert-OH is 3. The molecule has 0 amide bonds. The number of nitrogens with zero attached hydrogens (tertiary/aromatic N) is 1. The number of carbonyl (C=O) groups excluding carboxylic acids is 1. The molecule has 1 heterocycles. The maximum absolute atomic E-state index is 12.8. The quantitative estimate of drug-likeness (QED) is 0.416. The monoisotopic (exact) mass is 505 g/mol. The molecule has 10 unspecified atom stereocenters. The normalized spacial score (nSPS) is 39.8. The van der Waals surface area contributed by atoms with Gasteiger partial charge in [-0.25, -0.2) is 0 Å². The summed E-state index contributed by atoms with van der Waals surface area (Å²) >= 11 is 0. The molecule has 0 bridgehead atoms. The minimum atomic E-state index is -1.10. The maximum atomic E-state index is 12.8. The van der Waals surface area contributed by atoms with Crippen LogP contribution in [0.25, 0.3) is 0 Å². The van der Waals surface area contributed by atoms with Crippen molar-refractivity contribution in [1.29, 1.82) is 5.26 Å². The molecule has 0 saturated heterocycles. The van der Waals surface area contributed by atoms with Crippen molar-refractivity contribution in [1.82, 2.24) is 0 Å². The van der Waals surface area contributed by atoms with Crippen molar-refractivity contribution < 1.29 is 34.8 Å². The van der Waals surface area contributed by atoms with E-state index in [2.05, 4.69) is 6.07 Å². The summed E-state index contributed by atoms with van der Waals surface area (Å²) in [6, 6.07) is 2.07. The van der Waals surface area contributed by atoms with Crippen molar-refractivity contribution in [2.75, 3.05) is 0 Å². The van der Waals surface area contributed by atoms with Crippen LogP contribution in [0.4, 0.5) is 0 Å². The van der Waals surface area contributed by atoms with Crippen molar-refractivity contribution in [2.24, 2.45) is 35.5 Å². The summed E-state index contributed by atoms with van der Waals surface area (Å²) in [5.74, 6) is -3.24. The number of carboxylic acids is 1. The van der Waals surface area contributed by atoms with Crippen LogP contribution < -0.4 is 0 Å². The fourth-order valence-electron chi connectivity index (χ4n) is 5.90. The zero-order valence-electron chi connectivity index (χ0n) is 21.9. The fourth-order valence-corrected chi connectivity index (χ4v) is 5.90. The summed E-state index contributed by atoms with van der Waals surface area (Å²) in [6.07, 6.45) is 4.49. The van der Waals surface area contributed by atoms with Crippen LogP contribution in [-0.4, -0.2) is 56.8 Å². The van der Waals surface area contributed by atoms with E-state index in [0.29, 0.717) is 25.7 Å². The Balaban J connectivity index is 2.34. The van der Waals surface area contributed by atoms with Gasteiger partial charge in [-0.15, -0.1) is 0 Å². The second-order valence-corrected chi connectivity index (χ2v) is 11.1. The van der Waals surface area contributed by atoms with E-state index in [1.54, 1.807) is 25.2 Å². The molecule has 10 atom stereocenters. The summed E-state index contributed by atoms with van der Waals surface area (Å²) in [7, 11) is 0. The molecular formula is C28H43NO7. The third-order valence-corrected chi connectivity index (χ3v) is 8.07. The molecule has 0 aromatic heterocycles. The third-order valence-electron chi connectivity index (χ3n) is 8.07. The van der Waals surface area contributed by atoms with Gasteiger partial charge in [0.2, 0.25) is 0 Å². The van der Waals surface area contributed by atoms with E-state index in [-0.39, 0.29) is 42.1 Å². The van der Waals surface area contributed by atoms with E-state index in [0.717, 1.165) is 6.42 Å². The minimum absolute atomic E-state index is 0.152. The Hall–Kier alpha value is -2.21. The molecule has 8 nitrogen and oxygen atoms in total. The number of hydrogen-bond donors (Lipinski definition) is 4. The van der Waals surface area contributed by atoms with Crippen molar-refractivity contribution in [2.45, 2.75) is 97.1 Å². The number of aliphatic hydroxyl groups is 3. The van der Waals surface area contributed by atoms with Crippen LogP contribution in [0, 0.1) is 46.8 Å². The highest BCUT2D eigenvalue weighted by atomic mass is 16.5. The average Bonchev–Trinajstić information content (AvgIpc) is 3.31. The lowest BCUT2D eigenvalue weighted by Crippen LogP contribution is -2.38. The molecular weight excluding hydrogens is 462 g/mol. The SMILES string of the molecule is CC1CC(C)C(O)C(C#N)=CC=CCC(C2CCCC2C(=O)O)OC(=O)CC(O)C(C)C(O)C(C)C1. The number of esters is 1. The summed E-state index contributed by atoms with van der Waals surface area (Å²) in [6.45, 7) is 7.53. The summed E-state index contributed by atoms with van der Waals surface area (Å²) in [5.41, 5.74) is 0.231. The smallest absolute Gasteiger partial charge is 0.308 e. The average molecular weight is 506 g/mol. The number of rotatable bonds is 2. The van der Waals surface area contributed by atoms with E-state index in [1.807, 2.05) is 20.8 Å². The van der Waals surface area contributed by atoms with Gasteiger partial charge in [0.25, 0.3) is 0 Å². The van der Waals surface area contributed by atoms with Crippen molar-refractivity contribution in [3.63, 3.8) is 0 Å². The van der Waals surface area contributed by atoms with Crippen molar-refractivity contribution in [3.8, 4) is 6.07 Å². The maximum Gasteiger partial charge on any atom is 0.308 e. The molecule has 2 rings (SSSR count). The summed E-state index contributed by atoms with van der Waals surface area (Å²) in [4.78, 5) is 24.5. The Morgan fingerprint density at radius 3 is 2.39 bits per heavy atom. The predicted molar refractivity (Wildman–Crippen MR) is 134 cm³/mol. The second-order valence-electron chi connectivity index (χ2n) is 11.1. The van der Waals surface area contributed by atoms with Gasteiger partial charge in [-0.2, -0.15) is 5.26 Å². The van der Waals surface area contributed by atoms with Crippen LogP contribution in [0.2, 0.25) is 0 Å². The van der Waals surface area contributed by atoms with Crippen molar-refractivity contribution >= 4 is 11.9 Å². The molecule has 36 heavy (non-hydrogen) atoms. The van der Waals surface area contributed by atoms with Gasteiger partial charge in [0, 0.05) is 18.3 Å². The number of cyclic esters (lactones) is 1. The van der Waals surface area contributed by atoms with E-state index in [9.17, 15) is 35.3 Å². The lowest BCUT2D eigenvalue weighted by molar-refractivity contribution is -0.159. The first kappa shape index (κ1) is 30.0. The third kappa shape index (κ3) is 8.16. The van der Waals surface area contributed by atoms with Crippen LogP contribution in [-0.2, 0) is 14.3 Å². The summed E-state index contributed by atoms with van der Waals surface area (Å²) in [5, 5.41) is 51.5. The van der Waals surface area contributed by atoms with Gasteiger partial charge >= 0.3 is 11.9 Å². The number of nitriles is 1. The second kappa shape index (κ2) is 13.9. The largest absolute Gasteiger partial charge is 0.481 e. The molecule has 0 aromatic carbocycles. The lowest BCUT2D eigenvalue weighted by atomic mass is 9.80. The lowest BCUT2D eigenvalue weighted by Gasteiger charge is -2.31. The molecule has 1 aliphatic carbocycles. The molecule has 1 fully saturated rings. The number of allylic oxidation sites excluding steroid dienone is 2. The van der Waals surface area contributed by atoms with Gasteiger partial charge in [0.1, 0.15) is 6.10 Å². The van der Waals surface area contributed by atoms with Crippen LogP contribution in [0.1, 0.15) is 72.6 Å². The Morgan fingerprint density at radius 2 is 1.75 bits per heavy atom. The molecule has 0 aromatic rings. The standard InChI is InChI=1S/C28H43NO7/c1-16-12-17(2)26(32)19(4)23(30)14-25(31)36-24(21-9-7-10-22(21)28(34)35)11-6-5-8-20(15-29)27(33)18(3)13-16/h5-6,8,16-19,21-24,26-27,30,32-33H,7,9-14H2,1-4H3,(H,34,35). The van der Waals surface area contributed by atoms with Crippen LogP contribution >= 0.6 is 0 Å². The Bertz CT molecular complexity index is 847. The zero-order valence-corrected chi connectivity index (χ0v) is 21.9. The van der Waals surface area contributed by atoms with Crippen molar-refractivity contribution in [3.05, 3.63) is 23.8 Å². The van der Waals surface area contributed by atoms with Crippen LogP contribution in [0.3, 0.4) is 0 Å². The van der Waals surface area contributed by atoms with Gasteiger partial charge in [-0.05, 0) is 49.5 Å². The highest BCUT2D eigenvalue weighted by molar-refractivity contribution is 5.72. The summed E-state index contributed by atoms with van der Waals surface area (Å²) < 4.78 is 5.72. The minimum Gasteiger partial charge on any atom is -0.481 e. The molecule has 2 aliphatic rings.